The fraction of sp³-hybridized carbons (Fsp3) is 0.688. The molecule has 1 aliphatic rings. The molecule has 0 radical (unpaired) electrons. The molecule has 2 unspecified atom stereocenters. The lowest BCUT2D eigenvalue weighted by Gasteiger charge is -2.20. The molecule has 2 atom stereocenters. The molecule has 3 nitrogen and oxygen atoms in total. The average molecular weight is 262 g/mol. The van der Waals surface area contributed by atoms with Gasteiger partial charge in [-0.15, -0.1) is 0 Å². The number of ether oxygens (including phenoxy) is 1. The van der Waals surface area contributed by atoms with E-state index in [-0.39, 0.29) is 0 Å². The first kappa shape index (κ1) is 14.5. The molecule has 3 heteroatoms. The molecular formula is C16H26N2O. The molecule has 1 aliphatic heterocycles. The van der Waals surface area contributed by atoms with Gasteiger partial charge in [-0.3, -0.25) is 4.98 Å². The molecule has 1 saturated heterocycles. The maximum Gasteiger partial charge on any atom is 0.0588 e. The van der Waals surface area contributed by atoms with Crippen molar-refractivity contribution < 1.29 is 4.74 Å². The van der Waals surface area contributed by atoms with Gasteiger partial charge in [0, 0.05) is 24.0 Å². The Labute approximate surface area is 116 Å². The van der Waals surface area contributed by atoms with E-state index in [1.54, 1.807) is 0 Å². The van der Waals surface area contributed by atoms with Gasteiger partial charge in [0.15, 0.2) is 0 Å². The second-order valence-electron chi connectivity index (χ2n) is 5.68. The normalized spacial score (nSPS) is 20.7. The van der Waals surface area contributed by atoms with Crippen LogP contribution >= 0.6 is 0 Å². The minimum Gasteiger partial charge on any atom is -0.378 e. The largest absolute Gasteiger partial charge is 0.378 e. The third-order valence-corrected chi connectivity index (χ3v) is 3.96. The molecule has 2 heterocycles. The Hall–Kier alpha value is -0.930. The van der Waals surface area contributed by atoms with Gasteiger partial charge in [-0.2, -0.15) is 0 Å². The van der Waals surface area contributed by atoms with Gasteiger partial charge < -0.3 is 10.1 Å². The molecule has 1 fully saturated rings. The highest BCUT2D eigenvalue weighted by atomic mass is 16.5. The molecule has 106 valence electrons. The fourth-order valence-corrected chi connectivity index (χ4v) is 3.12. The highest BCUT2D eigenvalue weighted by molar-refractivity contribution is 5.33. The Morgan fingerprint density at radius 3 is 2.84 bits per heavy atom. The van der Waals surface area contributed by atoms with Crippen molar-refractivity contribution in [3.05, 3.63) is 28.6 Å². The Bertz CT molecular complexity index is 402. The zero-order chi connectivity index (χ0) is 13.8. The van der Waals surface area contributed by atoms with Crippen LogP contribution in [0.2, 0.25) is 0 Å². The van der Waals surface area contributed by atoms with Crippen molar-refractivity contribution in [2.24, 2.45) is 0 Å². The molecule has 0 bridgehead atoms. The summed E-state index contributed by atoms with van der Waals surface area (Å²) < 4.78 is 5.65. The lowest BCUT2D eigenvalue weighted by molar-refractivity contribution is 0.103. The summed E-state index contributed by atoms with van der Waals surface area (Å²) in [5, 5.41) is 3.61. The van der Waals surface area contributed by atoms with E-state index in [0.29, 0.717) is 12.1 Å². The first-order valence-corrected chi connectivity index (χ1v) is 7.37. The van der Waals surface area contributed by atoms with Crippen molar-refractivity contribution >= 4 is 0 Å². The van der Waals surface area contributed by atoms with Crippen LogP contribution in [-0.4, -0.2) is 24.2 Å². The second kappa shape index (κ2) is 6.49. The summed E-state index contributed by atoms with van der Waals surface area (Å²) in [4.78, 5) is 4.58. The van der Waals surface area contributed by atoms with Gasteiger partial charge in [-0.25, -0.2) is 0 Å². The van der Waals surface area contributed by atoms with Crippen LogP contribution in [0.4, 0.5) is 0 Å². The number of aromatic nitrogens is 1. The van der Waals surface area contributed by atoms with E-state index in [9.17, 15) is 0 Å². The average Bonchev–Trinajstić information content (AvgIpc) is 2.80. The Morgan fingerprint density at radius 2 is 2.21 bits per heavy atom. The maximum absolute atomic E-state index is 5.65. The standard InChI is InChI=1S/C16H26N2O/c1-11-10-12(2)18-14(4)16(11)13(3)17-8-7-15-6-5-9-19-15/h10,13,15,17H,5-9H2,1-4H3. The first-order chi connectivity index (χ1) is 9.08. The minimum atomic E-state index is 0.356. The van der Waals surface area contributed by atoms with Crippen LogP contribution < -0.4 is 5.32 Å². The minimum absolute atomic E-state index is 0.356. The van der Waals surface area contributed by atoms with Crippen LogP contribution in [0.1, 0.15) is 54.7 Å². The molecule has 19 heavy (non-hydrogen) atoms. The van der Waals surface area contributed by atoms with E-state index in [0.717, 1.165) is 31.0 Å². The number of nitrogens with one attached hydrogen (secondary N) is 1. The molecule has 0 amide bonds. The topological polar surface area (TPSA) is 34.1 Å². The van der Waals surface area contributed by atoms with Crippen molar-refractivity contribution in [1.82, 2.24) is 10.3 Å². The van der Waals surface area contributed by atoms with Crippen LogP contribution in [0.25, 0.3) is 0 Å². The highest BCUT2D eigenvalue weighted by Gasteiger charge is 2.16. The van der Waals surface area contributed by atoms with Crippen LogP contribution in [0, 0.1) is 20.8 Å². The SMILES string of the molecule is Cc1cc(C)c(C(C)NCCC2CCCO2)c(C)n1. The van der Waals surface area contributed by atoms with Crippen LogP contribution in [0.3, 0.4) is 0 Å². The zero-order valence-electron chi connectivity index (χ0n) is 12.6. The number of pyridine rings is 1. The van der Waals surface area contributed by atoms with E-state index in [1.807, 2.05) is 0 Å². The molecule has 2 rings (SSSR count). The maximum atomic E-state index is 5.65. The lowest BCUT2D eigenvalue weighted by atomic mass is 10.00. The molecule has 1 aromatic heterocycles. The molecule has 1 N–H and O–H groups in total. The van der Waals surface area contributed by atoms with Crippen LogP contribution in [0.5, 0.6) is 0 Å². The second-order valence-corrected chi connectivity index (χ2v) is 5.68. The summed E-state index contributed by atoms with van der Waals surface area (Å²) in [6.07, 6.45) is 4.03. The third kappa shape index (κ3) is 3.77. The Balaban J connectivity index is 1.90. The van der Waals surface area contributed by atoms with Gasteiger partial charge in [-0.1, -0.05) is 0 Å². The van der Waals surface area contributed by atoms with E-state index < -0.39 is 0 Å². The predicted molar refractivity (Wildman–Crippen MR) is 78.5 cm³/mol. The van der Waals surface area contributed by atoms with Gasteiger partial charge >= 0.3 is 0 Å². The van der Waals surface area contributed by atoms with Crippen molar-refractivity contribution in [2.75, 3.05) is 13.2 Å². The van der Waals surface area contributed by atoms with E-state index >= 15 is 0 Å². The smallest absolute Gasteiger partial charge is 0.0588 e. The Morgan fingerprint density at radius 1 is 1.42 bits per heavy atom. The van der Waals surface area contributed by atoms with Gasteiger partial charge in [-0.05, 0) is 70.7 Å². The highest BCUT2D eigenvalue weighted by Crippen LogP contribution is 2.21. The summed E-state index contributed by atoms with van der Waals surface area (Å²) in [6.45, 7) is 10.5. The van der Waals surface area contributed by atoms with Crippen LogP contribution in [-0.2, 0) is 4.74 Å². The lowest BCUT2D eigenvalue weighted by Crippen LogP contribution is -2.24. The van der Waals surface area contributed by atoms with Gasteiger partial charge in [0.05, 0.1) is 6.10 Å². The first-order valence-electron chi connectivity index (χ1n) is 7.37. The molecule has 0 aliphatic carbocycles. The quantitative estimate of drug-likeness (QED) is 0.884. The zero-order valence-corrected chi connectivity index (χ0v) is 12.6. The molecule has 0 saturated carbocycles. The number of aryl methyl sites for hydroxylation is 3. The predicted octanol–water partition coefficient (Wildman–Crippen LogP) is 3.23. The molecular weight excluding hydrogens is 236 g/mol. The summed E-state index contributed by atoms with van der Waals surface area (Å²) in [5.74, 6) is 0. The number of hydrogen-bond acceptors (Lipinski definition) is 3. The molecule has 0 spiro atoms. The fourth-order valence-electron chi connectivity index (χ4n) is 3.12. The third-order valence-electron chi connectivity index (χ3n) is 3.96. The summed E-state index contributed by atoms with van der Waals surface area (Å²) >= 11 is 0. The van der Waals surface area contributed by atoms with Crippen LogP contribution in [0.15, 0.2) is 6.07 Å². The number of rotatable bonds is 5. The van der Waals surface area contributed by atoms with Crippen molar-refractivity contribution in [3.8, 4) is 0 Å². The summed E-state index contributed by atoms with van der Waals surface area (Å²) in [5.41, 5.74) is 4.93. The summed E-state index contributed by atoms with van der Waals surface area (Å²) in [6, 6.07) is 2.52. The van der Waals surface area contributed by atoms with E-state index in [4.69, 9.17) is 4.74 Å². The van der Waals surface area contributed by atoms with Crippen molar-refractivity contribution in [2.45, 2.75) is 59.1 Å². The van der Waals surface area contributed by atoms with E-state index in [1.165, 1.54) is 24.0 Å². The summed E-state index contributed by atoms with van der Waals surface area (Å²) in [7, 11) is 0. The Kier molecular flexibility index (Phi) is 4.94. The van der Waals surface area contributed by atoms with Gasteiger partial charge in [0.25, 0.3) is 0 Å². The monoisotopic (exact) mass is 262 g/mol. The molecule has 0 aromatic carbocycles. The van der Waals surface area contributed by atoms with Crippen molar-refractivity contribution in [1.29, 1.82) is 0 Å². The number of hydrogen-bond donors (Lipinski definition) is 1. The van der Waals surface area contributed by atoms with Gasteiger partial charge in [0.2, 0.25) is 0 Å². The van der Waals surface area contributed by atoms with E-state index in [2.05, 4.69) is 44.1 Å². The molecule has 1 aromatic rings. The van der Waals surface area contributed by atoms with Crippen molar-refractivity contribution in [3.63, 3.8) is 0 Å². The number of nitrogens with zero attached hydrogens (tertiary/aromatic N) is 1. The van der Waals surface area contributed by atoms with Gasteiger partial charge in [0.1, 0.15) is 0 Å².